The van der Waals surface area contributed by atoms with Crippen molar-refractivity contribution in [1.29, 1.82) is 5.26 Å². The van der Waals surface area contributed by atoms with Gasteiger partial charge in [0.15, 0.2) is 0 Å². The number of nitriles is 1. The molecule has 0 fully saturated rings. The average molecular weight is 160 g/mol. The van der Waals surface area contributed by atoms with Crippen molar-refractivity contribution >= 4 is 24.4 Å². The molecule has 0 aromatic carbocycles. The standard InChI is InChI=1S/CN.In.H3N.2H/c1-2;;;;/h;;1H3;;. The molecule has 0 rings (SSSR count). The summed E-state index contributed by atoms with van der Waals surface area (Å²) in [5.41, 5.74) is 0. The molecule has 0 atom stereocenters. The SMILES string of the molecule is N.N#[C][InH2]. The van der Waals surface area contributed by atoms with Crippen LogP contribution in [-0.2, 0) is 0 Å². The van der Waals surface area contributed by atoms with Crippen molar-refractivity contribution in [2.75, 3.05) is 0 Å². The molecule has 3 N–H and O–H groups in total. The molecule has 2 nitrogen and oxygen atoms in total. The van der Waals surface area contributed by atoms with Crippen LogP contribution in [0.25, 0.3) is 0 Å². The van der Waals surface area contributed by atoms with Crippen LogP contribution in [0.2, 0.25) is 0 Å². The summed E-state index contributed by atoms with van der Waals surface area (Å²) < 4.78 is 1.96. The molecule has 3 heteroatoms. The Bertz CT molecular complexity index is 27.5. The minimum absolute atomic E-state index is 0. The molecular formula is CH5InN2. The van der Waals surface area contributed by atoms with Crippen molar-refractivity contribution in [1.82, 2.24) is 6.15 Å². The molecule has 22 valence electrons. The Hall–Kier alpha value is 0.320. The van der Waals surface area contributed by atoms with Crippen LogP contribution in [0.5, 0.6) is 0 Å². The van der Waals surface area contributed by atoms with Gasteiger partial charge in [-0.05, 0) is 0 Å². The van der Waals surface area contributed by atoms with E-state index in [-0.39, 0.29) is 30.5 Å². The molecule has 0 aromatic rings. The summed E-state index contributed by atoms with van der Waals surface area (Å²) in [5.74, 6) is 0. The average Bonchev–Trinajstić information content (AvgIpc) is 0.918. The quantitative estimate of drug-likeness (QED) is 0.507. The van der Waals surface area contributed by atoms with Gasteiger partial charge in [-0.3, -0.25) is 0 Å². The van der Waals surface area contributed by atoms with Crippen molar-refractivity contribution in [2.24, 2.45) is 0 Å². The first kappa shape index (κ1) is 8.85. The molecule has 0 heterocycles. The third kappa shape index (κ3) is 39.5. The summed E-state index contributed by atoms with van der Waals surface area (Å²) in [4.78, 5) is 0. The summed E-state index contributed by atoms with van der Waals surface area (Å²) in [7, 11) is 0. The molecule has 4 heavy (non-hydrogen) atoms. The molecule has 0 aromatic heterocycles. The minimum atomic E-state index is 0. The van der Waals surface area contributed by atoms with Crippen molar-refractivity contribution < 1.29 is 0 Å². The van der Waals surface area contributed by atoms with Gasteiger partial charge in [-0.2, -0.15) is 0 Å². The van der Waals surface area contributed by atoms with E-state index in [1.165, 1.54) is 0 Å². The number of rotatable bonds is 0. The van der Waals surface area contributed by atoms with Gasteiger partial charge in [-0.1, -0.05) is 0 Å². The van der Waals surface area contributed by atoms with Gasteiger partial charge in [-0.25, -0.2) is 0 Å². The van der Waals surface area contributed by atoms with E-state index in [1.807, 2.05) is 3.83 Å². The van der Waals surface area contributed by atoms with Crippen LogP contribution >= 0.6 is 0 Å². The second-order valence-corrected chi connectivity index (χ2v) is 1.50. The van der Waals surface area contributed by atoms with E-state index in [0.717, 1.165) is 0 Å². The van der Waals surface area contributed by atoms with E-state index < -0.39 is 0 Å². The van der Waals surface area contributed by atoms with E-state index in [4.69, 9.17) is 5.26 Å². The Kier molecular flexibility index (Phi) is 22.7. The van der Waals surface area contributed by atoms with E-state index >= 15 is 0 Å². The Morgan fingerprint density at radius 1 is 1.75 bits per heavy atom. The second kappa shape index (κ2) is 10.3. The first-order chi connectivity index (χ1) is 1.41. The molecule has 0 unspecified atom stereocenters. The molecular weight excluding hydrogens is 155 g/mol. The monoisotopic (exact) mass is 160 g/mol. The third-order valence-electron chi connectivity index (χ3n) is 0. The number of hydrogen-bond donors (Lipinski definition) is 1. The predicted molar refractivity (Wildman–Crippen MR) is 19.2 cm³/mol. The summed E-state index contributed by atoms with van der Waals surface area (Å²) in [6.07, 6.45) is 0. The molecule has 0 aliphatic heterocycles. The second-order valence-electron chi connectivity index (χ2n) is 0.224. The van der Waals surface area contributed by atoms with Gasteiger partial charge in [0, 0.05) is 0 Å². The maximum absolute atomic E-state index is 7.41. The fourth-order valence-electron chi connectivity index (χ4n) is 0. The van der Waals surface area contributed by atoms with E-state index in [0.29, 0.717) is 0 Å². The van der Waals surface area contributed by atoms with Gasteiger partial charge < -0.3 is 6.15 Å². The van der Waals surface area contributed by atoms with Gasteiger partial charge in [0.25, 0.3) is 0 Å². The van der Waals surface area contributed by atoms with Crippen LogP contribution in [0.15, 0.2) is 0 Å². The van der Waals surface area contributed by atoms with Crippen molar-refractivity contribution in [3.8, 4) is 3.83 Å². The van der Waals surface area contributed by atoms with Crippen LogP contribution in [0.4, 0.5) is 0 Å². The Morgan fingerprint density at radius 2 is 1.75 bits per heavy atom. The van der Waals surface area contributed by atoms with Gasteiger partial charge >= 0.3 is 33.5 Å². The zero-order valence-electron chi connectivity index (χ0n) is 2.65. The number of nitrogens with zero attached hydrogens (tertiary/aromatic N) is 1. The summed E-state index contributed by atoms with van der Waals surface area (Å²) >= 11 is 0.287. The molecule has 0 aliphatic carbocycles. The molecule has 0 bridgehead atoms. The van der Waals surface area contributed by atoms with E-state index in [2.05, 4.69) is 0 Å². The first-order valence-corrected chi connectivity index (χ1v) is 3.58. The molecule has 0 spiro atoms. The third-order valence-corrected chi connectivity index (χ3v) is 0. The van der Waals surface area contributed by atoms with Crippen LogP contribution < -0.4 is 6.15 Å². The van der Waals surface area contributed by atoms with Crippen LogP contribution in [0.3, 0.4) is 0 Å². The predicted octanol–water partition coefficient (Wildman–Crippen LogP) is -0.737. The molecule has 0 amide bonds. The van der Waals surface area contributed by atoms with Crippen LogP contribution in [0.1, 0.15) is 0 Å². The maximum atomic E-state index is 7.41. The fraction of sp³-hybridized carbons (Fsp3) is 0. The first-order valence-electron chi connectivity index (χ1n) is 0.724. The molecule has 0 radical (unpaired) electrons. The van der Waals surface area contributed by atoms with Crippen molar-refractivity contribution in [3.05, 3.63) is 0 Å². The van der Waals surface area contributed by atoms with E-state index in [1.54, 1.807) is 0 Å². The zero-order valence-corrected chi connectivity index (χ0v) is 8.36. The molecule has 0 saturated heterocycles. The topological polar surface area (TPSA) is 58.8 Å². The Labute approximate surface area is 40.0 Å². The van der Waals surface area contributed by atoms with E-state index in [9.17, 15) is 0 Å². The summed E-state index contributed by atoms with van der Waals surface area (Å²) in [5, 5.41) is 7.41. The molecule has 0 aliphatic rings. The van der Waals surface area contributed by atoms with Crippen molar-refractivity contribution in [2.45, 2.75) is 0 Å². The Balaban J connectivity index is 0. The molecule has 0 saturated carbocycles. The van der Waals surface area contributed by atoms with Gasteiger partial charge in [0.1, 0.15) is 0 Å². The van der Waals surface area contributed by atoms with Crippen molar-refractivity contribution in [3.63, 3.8) is 0 Å². The van der Waals surface area contributed by atoms with Crippen LogP contribution in [0, 0.1) is 9.09 Å². The van der Waals surface area contributed by atoms with Crippen LogP contribution in [-0.4, -0.2) is 24.4 Å². The zero-order chi connectivity index (χ0) is 2.71. The number of hydrogen-bond acceptors (Lipinski definition) is 2. The normalized spacial score (nSPS) is 1.75. The van der Waals surface area contributed by atoms with Gasteiger partial charge in [0.2, 0.25) is 0 Å². The Morgan fingerprint density at radius 3 is 1.75 bits per heavy atom. The van der Waals surface area contributed by atoms with Gasteiger partial charge in [0.05, 0.1) is 0 Å². The summed E-state index contributed by atoms with van der Waals surface area (Å²) in [6, 6.07) is 0. The fourth-order valence-corrected chi connectivity index (χ4v) is 0. The van der Waals surface area contributed by atoms with Gasteiger partial charge in [-0.15, -0.1) is 0 Å². The summed E-state index contributed by atoms with van der Waals surface area (Å²) in [6.45, 7) is 0.